The molecule has 4 rings (SSSR count). The molecule has 0 aliphatic carbocycles. The highest BCUT2D eigenvalue weighted by Crippen LogP contribution is 2.50. The molecule has 2 aliphatic rings. The third-order valence-corrected chi connectivity index (χ3v) is 8.07. The molecule has 0 radical (unpaired) electrons. The number of carbonyl (C=O) groups excluding carboxylic acids is 1. The van der Waals surface area contributed by atoms with Gasteiger partial charge in [0.1, 0.15) is 6.61 Å². The Kier molecular flexibility index (Phi) is 4.58. The summed E-state index contributed by atoms with van der Waals surface area (Å²) in [6.07, 6.45) is 0.557. The highest BCUT2D eigenvalue weighted by atomic mass is 32.2. The number of amides is 1. The maximum atomic E-state index is 13.3. The number of methoxy groups -OCH3 is 1. The molecule has 27 heavy (non-hydrogen) atoms. The van der Waals surface area contributed by atoms with Gasteiger partial charge in [-0.1, -0.05) is 18.2 Å². The van der Waals surface area contributed by atoms with Gasteiger partial charge in [-0.25, -0.2) is 13.4 Å². The van der Waals surface area contributed by atoms with Crippen LogP contribution in [0.1, 0.15) is 22.7 Å². The molecule has 9 heteroatoms. The van der Waals surface area contributed by atoms with E-state index in [0.29, 0.717) is 24.4 Å². The first kappa shape index (κ1) is 18.5. The highest BCUT2D eigenvalue weighted by molar-refractivity contribution is 7.89. The topological polar surface area (TPSA) is 79.8 Å². The van der Waals surface area contributed by atoms with E-state index in [1.54, 1.807) is 21.3 Å². The van der Waals surface area contributed by atoms with Gasteiger partial charge in [-0.2, -0.15) is 4.31 Å². The van der Waals surface area contributed by atoms with Crippen LogP contribution in [0, 0.1) is 6.92 Å². The van der Waals surface area contributed by atoms with Gasteiger partial charge in [0, 0.05) is 25.6 Å². The van der Waals surface area contributed by atoms with Crippen LogP contribution in [0.4, 0.5) is 0 Å². The van der Waals surface area contributed by atoms with E-state index < -0.39 is 15.6 Å². The monoisotopic (exact) mass is 407 g/mol. The molecule has 1 aromatic carbocycles. The summed E-state index contributed by atoms with van der Waals surface area (Å²) < 4.78 is 33.2. The van der Waals surface area contributed by atoms with E-state index in [1.165, 1.54) is 18.4 Å². The molecule has 0 saturated carbocycles. The number of hydrogen-bond acceptors (Lipinski definition) is 6. The summed E-state index contributed by atoms with van der Waals surface area (Å²) in [7, 11) is -2.18. The molecular formula is C18H21N3O4S2. The minimum Gasteiger partial charge on any atom is -0.375 e. The van der Waals surface area contributed by atoms with E-state index in [0.717, 1.165) is 16.3 Å². The van der Waals surface area contributed by atoms with Crippen molar-refractivity contribution in [3.8, 4) is 0 Å². The number of ether oxygens (including phenoxy) is 1. The zero-order valence-corrected chi connectivity index (χ0v) is 16.8. The van der Waals surface area contributed by atoms with Gasteiger partial charge in [0.05, 0.1) is 27.7 Å². The minimum absolute atomic E-state index is 0.00421. The Bertz CT molecular complexity index is 988. The lowest BCUT2D eigenvalue weighted by Gasteiger charge is -2.33. The van der Waals surface area contributed by atoms with Crippen LogP contribution in [0.3, 0.4) is 0 Å². The van der Waals surface area contributed by atoms with Crippen molar-refractivity contribution in [3.63, 3.8) is 0 Å². The van der Waals surface area contributed by atoms with E-state index in [1.807, 2.05) is 24.4 Å². The Balaban J connectivity index is 1.78. The predicted octanol–water partition coefficient (Wildman–Crippen LogP) is 1.73. The smallest absolute Gasteiger partial charge is 0.248 e. The van der Waals surface area contributed by atoms with Crippen molar-refractivity contribution in [3.05, 3.63) is 45.9 Å². The summed E-state index contributed by atoms with van der Waals surface area (Å²) in [6, 6.07) is 7.11. The minimum atomic E-state index is -3.66. The van der Waals surface area contributed by atoms with Gasteiger partial charge in [-0.15, -0.1) is 11.3 Å². The predicted molar refractivity (Wildman–Crippen MR) is 101 cm³/mol. The van der Waals surface area contributed by atoms with Crippen molar-refractivity contribution in [2.75, 3.05) is 26.8 Å². The van der Waals surface area contributed by atoms with Crippen molar-refractivity contribution in [2.24, 2.45) is 0 Å². The summed E-state index contributed by atoms with van der Waals surface area (Å²) in [4.78, 5) is 18.8. The first-order chi connectivity index (χ1) is 12.9. The maximum absolute atomic E-state index is 13.3. The van der Waals surface area contributed by atoms with E-state index in [2.05, 4.69) is 4.98 Å². The summed E-state index contributed by atoms with van der Waals surface area (Å²) in [5.74, 6) is -0.124. The van der Waals surface area contributed by atoms with Crippen LogP contribution >= 0.6 is 11.3 Å². The van der Waals surface area contributed by atoms with Crippen LogP contribution in [0.25, 0.3) is 0 Å². The molecule has 0 bridgehead atoms. The summed E-state index contributed by atoms with van der Waals surface area (Å²) in [5.41, 5.74) is 0.746. The lowest BCUT2D eigenvalue weighted by atomic mass is 9.89. The normalized spacial score (nSPS) is 23.9. The zero-order valence-electron chi connectivity index (χ0n) is 15.2. The molecule has 1 aromatic heterocycles. The quantitative estimate of drug-likeness (QED) is 0.771. The third-order valence-electron chi connectivity index (χ3n) is 5.27. The van der Waals surface area contributed by atoms with Crippen LogP contribution < -0.4 is 0 Å². The van der Waals surface area contributed by atoms with Crippen molar-refractivity contribution in [1.82, 2.24) is 14.2 Å². The molecule has 7 nitrogen and oxygen atoms in total. The fourth-order valence-electron chi connectivity index (χ4n) is 4.07. The number of aromatic nitrogens is 1. The Morgan fingerprint density at radius 1 is 1.37 bits per heavy atom. The maximum Gasteiger partial charge on any atom is 0.248 e. The fourth-order valence-corrected chi connectivity index (χ4v) is 6.71. The van der Waals surface area contributed by atoms with Crippen molar-refractivity contribution >= 4 is 27.3 Å². The highest BCUT2D eigenvalue weighted by Gasteiger charge is 2.57. The lowest BCUT2D eigenvalue weighted by Crippen LogP contribution is -2.46. The number of rotatable bonds is 4. The summed E-state index contributed by atoms with van der Waals surface area (Å²) >= 11 is 1.50. The van der Waals surface area contributed by atoms with E-state index in [-0.39, 0.29) is 19.1 Å². The number of likely N-dealkylation sites (tertiary alicyclic amines) is 1. The number of aryl methyl sites for hydroxylation is 1. The molecule has 1 saturated heterocycles. The molecule has 1 spiro atoms. The summed E-state index contributed by atoms with van der Waals surface area (Å²) in [6.45, 7) is 2.93. The SMILES string of the molecule is COCC(=O)N1CC[C@]2(C1)c1ccccc1S(=O)(=O)N2Cc1csc(C)n1. The van der Waals surface area contributed by atoms with Gasteiger partial charge in [0.2, 0.25) is 15.9 Å². The molecule has 2 aliphatic heterocycles. The Morgan fingerprint density at radius 2 is 2.15 bits per heavy atom. The van der Waals surface area contributed by atoms with Gasteiger partial charge in [0.15, 0.2) is 0 Å². The lowest BCUT2D eigenvalue weighted by molar-refractivity contribution is -0.134. The first-order valence-electron chi connectivity index (χ1n) is 8.68. The van der Waals surface area contributed by atoms with Crippen LogP contribution in [0.2, 0.25) is 0 Å². The Labute approximate surface area is 162 Å². The second kappa shape index (κ2) is 6.66. The average molecular weight is 408 g/mol. The number of carbonyl (C=O) groups is 1. The van der Waals surface area contributed by atoms with E-state index in [4.69, 9.17) is 4.74 Å². The van der Waals surface area contributed by atoms with Crippen LogP contribution in [-0.2, 0) is 31.6 Å². The molecule has 1 amide bonds. The molecule has 1 atom stereocenters. The van der Waals surface area contributed by atoms with Crippen LogP contribution in [0.5, 0.6) is 0 Å². The number of sulfonamides is 1. The zero-order chi connectivity index (χ0) is 19.2. The van der Waals surface area contributed by atoms with Gasteiger partial charge in [0.25, 0.3) is 0 Å². The van der Waals surface area contributed by atoms with Gasteiger partial charge >= 0.3 is 0 Å². The van der Waals surface area contributed by atoms with Gasteiger partial charge in [-0.05, 0) is 25.0 Å². The molecule has 1 fully saturated rings. The largest absolute Gasteiger partial charge is 0.375 e. The number of hydrogen-bond donors (Lipinski definition) is 0. The Morgan fingerprint density at radius 3 is 2.85 bits per heavy atom. The van der Waals surface area contributed by atoms with Crippen molar-refractivity contribution < 1.29 is 17.9 Å². The van der Waals surface area contributed by atoms with Crippen LogP contribution in [0.15, 0.2) is 34.5 Å². The fraction of sp³-hybridized carbons (Fsp3) is 0.444. The second-order valence-electron chi connectivity index (χ2n) is 6.90. The van der Waals surface area contributed by atoms with Crippen molar-refractivity contribution in [1.29, 1.82) is 0 Å². The number of benzene rings is 1. The van der Waals surface area contributed by atoms with Gasteiger partial charge < -0.3 is 9.64 Å². The number of nitrogens with zero attached hydrogens (tertiary/aromatic N) is 3. The summed E-state index contributed by atoms with van der Waals surface area (Å²) in [5, 5.41) is 2.79. The molecule has 144 valence electrons. The van der Waals surface area contributed by atoms with Crippen LogP contribution in [-0.4, -0.2) is 55.3 Å². The average Bonchev–Trinajstić information content (AvgIpc) is 3.30. The molecular weight excluding hydrogens is 386 g/mol. The third kappa shape index (κ3) is 2.89. The molecule has 3 heterocycles. The number of fused-ring (bicyclic) bond motifs is 2. The second-order valence-corrected chi connectivity index (χ2v) is 9.79. The van der Waals surface area contributed by atoms with Crippen molar-refractivity contribution in [2.45, 2.75) is 30.3 Å². The Hall–Kier alpha value is -1.81. The van der Waals surface area contributed by atoms with E-state index in [9.17, 15) is 13.2 Å². The first-order valence-corrected chi connectivity index (χ1v) is 11.0. The molecule has 0 N–H and O–H groups in total. The van der Waals surface area contributed by atoms with E-state index >= 15 is 0 Å². The van der Waals surface area contributed by atoms with Gasteiger partial charge in [-0.3, -0.25) is 4.79 Å². The molecule has 2 aromatic rings. The number of thiazole rings is 1. The molecule has 0 unspecified atom stereocenters. The standard InChI is InChI=1S/C18H21N3O4S2/c1-13-19-14(11-26-13)9-21-18(7-8-20(12-18)17(22)10-25-2)15-5-3-4-6-16(15)27(21,23)24/h3-6,11H,7-10,12H2,1-2H3/t18-/m0/s1.